The number of nitrogens with two attached hydrogens (primary N) is 1. The number of anilines is 1. The van der Waals surface area contributed by atoms with Gasteiger partial charge in [0.1, 0.15) is 5.82 Å². The van der Waals surface area contributed by atoms with Crippen LogP contribution in [0.5, 0.6) is 0 Å². The number of imidazole rings is 1. The molecule has 0 fully saturated rings. The number of rotatable bonds is 5. The molecule has 0 unspecified atom stereocenters. The van der Waals surface area contributed by atoms with Crippen molar-refractivity contribution in [2.45, 2.75) is 12.2 Å². The number of H-pyrrole nitrogens is 2. The zero-order valence-electron chi connectivity index (χ0n) is 12.8. The fourth-order valence-corrected chi connectivity index (χ4v) is 2.53. The summed E-state index contributed by atoms with van der Waals surface area (Å²) in [4.78, 5) is 25.6. The van der Waals surface area contributed by atoms with Crippen molar-refractivity contribution >= 4 is 17.1 Å². The Morgan fingerprint density at radius 1 is 1.13 bits per heavy atom. The fraction of sp³-hybridized carbons (Fsp3) is 0.267. The van der Waals surface area contributed by atoms with Crippen molar-refractivity contribution in [1.82, 2.24) is 19.9 Å². The average Bonchev–Trinajstić information content (AvgIpc) is 2.96. The van der Waals surface area contributed by atoms with Crippen LogP contribution in [0.3, 0.4) is 0 Å². The number of hydrogen-bond donors (Lipinski definition) is 3. The summed E-state index contributed by atoms with van der Waals surface area (Å²) in [5.74, 6) is -0.488. The van der Waals surface area contributed by atoms with Crippen molar-refractivity contribution in [3.05, 3.63) is 52.1 Å². The Kier molecular flexibility index (Phi) is 3.85. The molecular formula is C15H17N5O3. The van der Waals surface area contributed by atoms with Crippen molar-refractivity contribution in [2.75, 3.05) is 20.0 Å². The van der Waals surface area contributed by atoms with Gasteiger partial charge < -0.3 is 20.2 Å². The van der Waals surface area contributed by atoms with Crippen LogP contribution in [0.15, 0.2) is 35.1 Å². The maximum Gasteiger partial charge on any atom is 0.278 e. The summed E-state index contributed by atoms with van der Waals surface area (Å²) in [6.07, 6.45) is 0.277. The van der Waals surface area contributed by atoms with Crippen LogP contribution in [0, 0.1) is 0 Å². The smallest absolute Gasteiger partial charge is 0.278 e. The predicted molar refractivity (Wildman–Crippen MR) is 84.8 cm³/mol. The molecular weight excluding hydrogens is 298 g/mol. The van der Waals surface area contributed by atoms with Crippen LogP contribution >= 0.6 is 0 Å². The first-order valence-electron chi connectivity index (χ1n) is 6.98. The Bertz CT molecular complexity index is 868. The molecule has 2 heterocycles. The van der Waals surface area contributed by atoms with E-state index in [1.807, 2.05) is 30.3 Å². The molecule has 0 aliphatic rings. The summed E-state index contributed by atoms with van der Waals surface area (Å²) in [5, 5.41) is 0. The molecule has 0 aliphatic carbocycles. The molecule has 8 heteroatoms. The predicted octanol–water partition coefficient (Wildman–Crippen LogP) is 0.917. The highest BCUT2D eigenvalue weighted by Gasteiger charge is 2.33. The minimum absolute atomic E-state index is 0.0216. The van der Waals surface area contributed by atoms with E-state index in [0.717, 1.165) is 5.56 Å². The van der Waals surface area contributed by atoms with Crippen molar-refractivity contribution in [1.29, 1.82) is 0 Å². The van der Waals surface area contributed by atoms with Crippen LogP contribution < -0.4 is 11.3 Å². The van der Waals surface area contributed by atoms with Gasteiger partial charge in [-0.25, -0.2) is 4.98 Å². The van der Waals surface area contributed by atoms with E-state index < -0.39 is 5.79 Å². The number of aromatic nitrogens is 4. The summed E-state index contributed by atoms with van der Waals surface area (Å²) >= 11 is 0. The molecule has 0 saturated carbocycles. The van der Waals surface area contributed by atoms with Gasteiger partial charge in [0.05, 0.1) is 6.42 Å². The van der Waals surface area contributed by atoms with Crippen LogP contribution in [0.1, 0.15) is 11.4 Å². The molecule has 0 radical (unpaired) electrons. The molecule has 0 saturated heterocycles. The second-order valence-electron chi connectivity index (χ2n) is 5.04. The van der Waals surface area contributed by atoms with Crippen molar-refractivity contribution < 1.29 is 9.47 Å². The minimum Gasteiger partial charge on any atom is -0.369 e. The molecule has 0 bridgehead atoms. The second kappa shape index (κ2) is 5.82. The van der Waals surface area contributed by atoms with Gasteiger partial charge in [0.15, 0.2) is 11.2 Å². The van der Waals surface area contributed by atoms with Gasteiger partial charge in [-0.15, -0.1) is 0 Å². The zero-order chi connectivity index (χ0) is 16.4. The van der Waals surface area contributed by atoms with E-state index in [0.29, 0.717) is 5.82 Å². The van der Waals surface area contributed by atoms with Crippen molar-refractivity contribution in [2.24, 2.45) is 0 Å². The maximum absolute atomic E-state index is 11.9. The number of hydrogen-bond acceptors (Lipinski definition) is 6. The molecule has 23 heavy (non-hydrogen) atoms. The van der Waals surface area contributed by atoms with Crippen molar-refractivity contribution in [3.63, 3.8) is 0 Å². The van der Waals surface area contributed by atoms with Gasteiger partial charge >= 0.3 is 0 Å². The normalized spacial score (nSPS) is 11.9. The maximum atomic E-state index is 11.9. The molecule has 0 amide bonds. The van der Waals surface area contributed by atoms with Gasteiger partial charge in [0, 0.05) is 19.8 Å². The fourth-order valence-electron chi connectivity index (χ4n) is 2.53. The number of nitrogens with one attached hydrogen (secondary N) is 2. The molecule has 8 nitrogen and oxygen atoms in total. The Morgan fingerprint density at radius 2 is 1.83 bits per heavy atom. The minimum atomic E-state index is -1.02. The third kappa shape index (κ3) is 2.69. The van der Waals surface area contributed by atoms with E-state index in [1.54, 1.807) is 14.2 Å². The van der Waals surface area contributed by atoms with E-state index in [1.165, 1.54) is 0 Å². The number of aromatic amines is 2. The molecule has 120 valence electrons. The molecule has 3 rings (SSSR count). The van der Waals surface area contributed by atoms with Crippen LogP contribution in [-0.2, 0) is 21.7 Å². The van der Waals surface area contributed by atoms with Crippen LogP contribution in [0.25, 0.3) is 11.2 Å². The first kappa shape index (κ1) is 15.2. The first-order valence-corrected chi connectivity index (χ1v) is 6.98. The summed E-state index contributed by atoms with van der Waals surface area (Å²) in [7, 11) is 3.12. The number of fused-ring (bicyclic) bond motifs is 1. The van der Waals surface area contributed by atoms with Gasteiger partial charge in [-0.05, 0) is 0 Å². The highest BCUT2D eigenvalue weighted by atomic mass is 16.7. The van der Waals surface area contributed by atoms with Gasteiger partial charge in [0.25, 0.3) is 5.56 Å². The lowest BCUT2D eigenvalue weighted by Gasteiger charge is -2.30. The molecule has 4 N–H and O–H groups in total. The number of nitrogens with zero attached hydrogens (tertiary/aromatic N) is 2. The molecule has 0 aliphatic heterocycles. The van der Waals surface area contributed by atoms with E-state index in [2.05, 4.69) is 19.9 Å². The zero-order valence-corrected chi connectivity index (χ0v) is 12.8. The number of nitrogen functional groups attached to an aromatic ring is 1. The van der Waals surface area contributed by atoms with Gasteiger partial charge in [-0.2, -0.15) is 4.98 Å². The Morgan fingerprint density at radius 3 is 2.48 bits per heavy atom. The topological polar surface area (TPSA) is 119 Å². The standard InChI is InChI=1S/C15H17N5O3/c1-22-15(23-2,9-6-4-3-5-7-9)8-10-17-11-12(18-10)19-14(16)20-13(11)21/h3-7H,8H2,1-2H3,(H4,16,17,18,19,20,21). The Hall–Kier alpha value is -2.71. The lowest BCUT2D eigenvalue weighted by Crippen LogP contribution is -2.33. The number of methoxy groups -OCH3 is 2. The quantitative estimate of drug-likeness (QED) is 0.602. The van der Waals surface area contributed by atoms with E-state index in [4.69, 9.17) is 15.2 Å². The van der Waals surface area contributed by atoms with Crippen LogP contribution in [0.2, 0.25) is 0 Å². The monoisotopic (exact) mass is 315 g/mol. The number of ether oxygens (including phenoxy) is 2. The van der Waals surface area contributed by atoms with Gasteiger partial charge in [-0.3, -0.25) is 9.78 Å². The summed E-state index contributed by atoms with van der Waals surface area (Å²) in [5.41, 5.74) is 6.53. The summed E-state index contributed by atoms with van der Waals surface area (Å²) in [6.45, 7) is 0. The lowest BCUT2D eigenvalue weighted by molar-refractivity contribution is -0.215. The highest BCUT2D eigenvalue weighted by molar-refractivity contribution is 5.70. The van der Waals surface area contributed by atoms with Crippen molar-refractivity contribution in [3.8, 4) is 0 Å². The van der Waals surface area contributed by atoms with Gasteiger partial charge in [-0.1, -0.05) is 30.3 Å². The largest absolute Gasteiger partial charge is 0.369 e. The molecule has 2 aromatic heterocycles. The first-order chi connectivity index (χ1) is 11.1. The van der Waals surface area contributed by atoms with Crippen LogP contribution in [0.4, 0.5) is 5.95 Å². The SMILES string of the molecule is COC(Cc1nc2nc(N)[nH]c(=O)c2[nH]1)(OC)c1ccccc1. The van der Waals surface area contributed by atoms with Crippen LogP contribution in [-0.4, -0.2) is 34.2 Å². The Labute approximate surface area is 131 Å². The molecule has 0 spiro atoms. The van der Waals surface area contributed by atoms with E-state index in [9.17, 15) is 4.79 Å². The third-order valence-corrected chi connectivity index (χ3v) is 3.70. The van der Waals surface area contributed by atoms with E-state index >= 15 is 0 Å². The summed E-state index contributed by atoms with van der Waals surface area (Å²) < 4.78 is 11.2. The average molecular weight is 315 g/mol. The van der Waals surface area contributed by atoms with Gasteiger partial charge in [0.2, 0.25) is 11.7 Å². The molecule has 0 atom stereocenters. The number of benzene rings is 1. The third-order valence-electron chi connectivity index (χ3n) is 3.70. The Balaban J connectivity index is 2.04. The van der Waals surface area contributed by atoms with E-state index in [-0.39, 0.29) is 29.1 Å². The highest BCUT2D eigenvalue weighted by Crippen LogP contribution is 2.29. The second-order valence-corrected chi connectivity index (χ2v) is 5.04. The summed E-state index contributed by atoms with van der Waals surface area (Å²) in [6, 6.07) is 9.51. The molecule has 3 aromatic rings. The molecule has 1 aromatic carbocycles. The lowest BCUT2D eigenvalue weighted by atomic mass is 10.0.